The molecule has 3 rings (SSSR count). The number of carbonyl (C=O) groups is 4. The molecule has 2 aliphatic heterocycles. The number of unbranched alkanes of at least 4 members (excludes halogenated alkanes) is 1. The van der Waals surface area contributed by atoms with E-state index in [1.54, 1.807) is 0 Å². The Balaban J connectivity index is 1.23. The van der Waals surface area contributed by atoms with Crippen molar-refractivity contribution in [1.82, 2.24) is 26.6 Å². The minimum Gasteiger partial charge on any atom is -0.391 e. The number of nitrogens with zero attached hydrogens (tertiary/aromatic N) is 3. The number of amides is 5. The van der Waals surface area contributed by atoms with Gasteiger partial charge in [-0.05, 0) is 37.4 Å². The Morgan fingerprint density at radius 3 is 2.54 bits per heavy atom. The molecule has 2 heterocycles. The summed E-state index contributed by atoms with van der Waals surface area (Å²) in [6.07, 6.45) is 3.32. The maximum Gasteiger partial charge on any atom is 0.356 e. The Morgan fingerprint density at radius 2 is 1.76 bits per heavy atom. The van der Waals surface area contributed by atoms with Crippen LogP contribution in [0.25, 0.3) is 10.4 Å². The van der Waals surface area contributed by atoms with Crippen LogP contribution in [0.2, 0.25) is 0 Å². The number of ether oxygens (including phenoxy) is 1. The summed E-state index contributed by atoms with van der Waals surface area (Å²) in [5.41, 5.74) is 7.60. The van der Waals surface area contributed by atoms with Crippen molar-refractivity contribution in [2.75, 3.05) is 51.8 Å². The van der Waals surface area contributed by atoms with Crippen LogP contribution in [0, 0.1) is 0 Å². The van der Waals surface area contributed by atoms with Gasteiger partial charge in [0.2, 0.25) is 17.7 Å². The van der Waals surface area contributed by atoms with E-state index in [2.05, 4.69) is 36.6 Å². The predicted octanol–water partition coefficient (Wildman–Crippen LogP) is 0.717. The van der Waals surface area contributed by atoms with E-state index in [1.165, 1.54) is 0 Å². The molecule has 15 nitrogen and oxygen atoms in total. The highest BCUT2D eigenvalue weighted by molar-refractivity contribution is 8.00. The lowest BCUT2D eigenvalue weighted by Gasteiger charge is -2.30. The van der Waals surface area contributed by atoms with Crippen LogP contribution >= 0.6 is 11.8 Å². The second-order valence-electron chi connectivity index (χ2n) is 11.6. The maximum absolute atomic E-state index is 12.4. The van der Waals surface area contributed by atoms with E-state index >= 15 is 0 Å². The average Bonchev–Trinajstić information content (AvgIpc) is 3.59. The lowest BCUT2D eigenvalue weighted by Crippen LogP contribution is -2.49. The molecule has 46 heavy (non-hydrogen) atoms. The van der Waals surface area contributed by atoms with Crippen molar-refractivity contribution in [2.45, 2.75) is 68.9 Å². The summed E-state index contributed by atoms with van der Waals surface area (Å²) in [6.45, 7) is 5.11. The van der Waals surface area contributed by atoms with Gasteiger partial charge >= 0.3 is 15.3 Å². The third kappa shape index (κ3) is 14.0. The topological polar surface area (TPSA) is 205 Å². The molecule has 4 atom stereocenters. The van der Waals surface area contributed by atoms with E-state index in [0.29, 0.717) is 24.8 Å². The van der Waals surface area contributed by atoms with Crippen LogP contribution in [-0.4, -0.2) is 108 Å². The molecule has 0 saturated carbocycles. The molecule has 5 N–H and O–H groups in total. The van der Waals surface area contributed by atoms with Crippen molar-refractivity contribution in [2.24, 2.45) is 5.11 Å². The molecule has 2 aliphatic rings. The lowest BCUT2D eigenvalue weighted by molar-refractivity contribution is -0.124. The Kier molecular flexibility index (Phi) is 16.1. The Labute approximate surface area is 275 Å². The molecule has 1 aromatic rings. The first-order chi connectivity index (χ1) is 22.2. The molecule has 0 bridgehead atoms. The third-order valence-corrected chi connectivity index (χ3v) is 11.1. The summed E-state index contributed by atoms with van der Waals surface area (Å²) < 4.78 is 17.9. The van der Waals surface area contributed by atoms with Gasteiger partial charge in [0.25, 0.3) is 0 Å². The van der Waals surface area contributed by atoms with Crippen LogP contribution < -0.4 is 31.8 Å². The fraction of sp³-hybridized carbons (Fsp3) is 0.655. The summed E-state index contributed by atoms with van der Waals surface area (Å²) in [5.74, 6) is 0.342. The Hall–Kier alpha value is -3.34. The number of rotatable bonds is 22. The van der Waals surface area contributed by atoms with Gasteiger partial charge in [-0.3, -0.25) is 14.4 Å². The molecule has 5 amide bonds. The molecule has 2 fully saturated rings. The van der Waals surface area contributed by atoms with E-state index < -0.39 is 20.8 Å². The minimum atomic E-state index is -2.39. The van der Waals surface area contributed by atoms with Crippen LogP contribution in [0.1, 0.15) is 46.0 Å². The average molecular weight is 679 g/mol. The molecule has 0 spiro atoms. The number of benzene rings is 1. The summed E-state index contributed by atoms with van der Waals surface area (Å²) in [6, 6.07) is 9.86. The van der Waals surface area contributed by atoms with Crippen molar-refractivity contribution >= 4 is 50.0 Å². The van der Waals surface area contributed by atoms with E-state index in [1.807, 2.05) is 55.9 Å². The van der Waals surface area contributed by atoms with Crippen molar-refractivity contribution in [1.29, 1.82) is 0 Å². The minimum absolute atomic E-state index is 0.0206. The summed E-state index contributed by atoms with van der Waals surface area (Å²) in [7, 11) is -2.39. The molecule has 0 aromatic heterocycles. The molecule has 0 radical (unpaired) electrons. The standard InChI is InChI=1S/C29H46N8O7SSi/c1-29(2,44-46(21-8-4-3-5-9-21)43-17-14-32-26(40)18-34-37-30)20-33-25(39)12-15-42-16-13-31-24(38)11-7-6-10-23-27-22(19-45-23)35-28(41)36-27/h3-5,8-9,22-23,27,46H,6-7,10-20H2,1-2H3,(H,31,38)(H,32,40)(H,33,39)(H2,35,36,41)/t22-,23-,27-,46+/m0/s1. The van der Waals surface area contributed by atoms with Crippen LogP contribution in [0.3, 0.4) is 0 Å². The van der Waals surface area contributed by atoms with Gasteiger partial charge in [-0.2, -0.15) is 11.8 Å². The van der Waals surface area contributed by atoms with Gasteiger partial charge in [0.05, 0.1) is 37.5 Å². The van der Waals surface area contributed by atoms with Crippen LogP contribution in [0.4, 0.5) is 4.79 Å². The number of carbonyl (C=O) groups excluding carboxylic acids is 4. The number of hydrogen-bond acceptors (Lipinski definition) is 9. The maximum atomic E-state index is 12.4. The normalized spacial score (nSPS) is 19.3. The van der Waals surface area contributed by atoms with Gasteiger partial charge < -0.3 is 40.2 Å². The Morgan fingerprint density at radius 1 is 1.02 bits per heavy atom. The molecular formula is C29H46N8O7SSi. The molecule has 1 aromatic carbocycles. The zero-order chi connectivity index (χ0) is 33.2. The first-order valence-electron chi connectivity index (χ1n) is 15.6. The highest BCUT2D eigenvalue weighted by atomic mass is 32.2. The van der Waals surface area contributed by atoms with E-state index in [0.717, 1.165) is 30.2 Å². The number of azide groups is 1. The van der Waals surface area contributed by atoms with Gasteiger partial charge in [-0.25, -0.2) is 4.79 Å². The number of hydrogen-bond donors (Lipinski definition) is 5. The highest BCUT2D eigenvalue weighted by Gasteiger charge is 2.42. The number of urea groups is 1. The lowest BCUT2D eigenvalue weighted by atomic mass is 10.0. The van der Waals surface area contributed by atoms with Gasteiger partial charge in [0.15, 0.2) is 0 Å². The largest absolute Gasteiger partial charge is 0.391 e. The van der Waals surface area contributed by atoms with Crippen molar-refractivity contribution < 1.29 is 32.8 Å². The summed E-state index contributed by atoms with van der Waals surface area (Å²) >= 11 is 1.88. The van der Waals surface area contributed by atoms with Crippen molar-refractivity contribution in [3.05, 3.63) is 40.8 Å². The predicted molar refractivity (Wildman–Crippen MR) is 177 cm³/mol. The molecule has 254 valence electrons. The van der Waals surface area contributed by atoms with Gasteiger partial charge in [0, 0.05) is 48.4 Å². The second kappa shape index (κ2) is 20.0. The van der Waals surface area contributed by atoms with Gasteiger partial charge in [-0.15, -0.1) is 0 Å². The van der Waals surface area contributed by atoms with Crippen molar-refractivity contribution in [3.8, 4) is 0 Å². The number of nitrogens with one attached hydrogen (secondary N) is 5. The fourth-order valence-corrected chi connectivity index (χ4v) is 8.41. The van der Waals surface area contributed by atoms with E-state index in [4.69, 9.17) is 19.1 Å². The molecule has 2 saturated heterocycles. The third-order valence-electron chi connectivity index (χ3n) is 7.30. The molecule has 0 unspecified atom stereocenters. The monoisotopic (exact) mass is 678 g/mol. The molecular weight excluding hydrogens is 633 g/mol. The van der Waals surface area contributed by atoms with Crippen LogP contribution in [-0.2, 0) is 28.0 Å². The van der Waals surface area contributed by atoms with Crippen LogP contribution in [0.15, 0.2) is 35.4 Å². The molecule has 17 heteroatoms. The van der Waals surface area contributed by atoms with E-state index in [-0.39, 0.29) is 69.2 Å². The summed E-state index contributed by atoms with van der Waals surface area (Å²) in [5, 5.41) is 18.8. The fourth-order valence-electron chi connectivity index (χ4n) is 4.94. The van der Waals surface area contributed by atoms with E-state index in [9.17, 15) is 19.2 Å². The van der Waals surface area contributed by atoms with Crippen LogP contribution in [0.5, 0.6) is 0 Å². The zero-order valence-electron chi connectivity index (χ0n) is 26.5. The zero-order valence-corrected chi connectivity index (χ0v) is 28.5. The summed E-state index contributed by atoms with van der Waals surface area (Å²) in [4.78, 5) is 50.2. The second-order valence-corrected chi connectivity index (χ2v) is 14.8. The Bertz CT molecular complexity index is 1190. The number of thioether (sulfide) groups is 1. The smallest absolute Gasteiger partial charge is 0.356 e. The SMILES string of the molecule is CC(C)(CNC(=O)CCOCCNC(=O)CCCC[C@@H]1SC[C@@H]2NC(=O)N[C@@H]21)O[Si@@H](OCCNC(=O)CN=[N+]=[N-])c1ccccc1. The molecule has 0 aliphatic carbocycles. The van der Waals surface area contributed by atoms with Gasteiger partial charge in [-0.1, -0.05) is 41.9 Å². The van der Waals surface area contributed by atoms with Gasteiger partial charge in [0.1, 0.15) is 6.54 Å². The first-order valence-corrected chi connectivity index (χ1v) is 18.2. The highest BCUT2D eigenvalue weighted by Crippen LogP contribution is 2.33. The quantitative estimate of drug-likeness (QED) is 0.0294. The first kappa shape index (κ1) is 37.1. The number of fused-ring (bicyclic) bond motifs is 1. The van der Waals surface area contributed by atoms with Crippen molar-refractivity contribution in [3.63, 3.8) is 0 Å².